The van der Waals surface area contributed by atoms with Crippen LogP contribution >= 0.6 is 24.0 Å². The van der Waals surface area contributed by atoms with Gasteiger partial charge in [0.25, 0.3) is 0 Å². The molecule has 1 atom stereocenters. The fourth-order valence-electron chi connectivity index (χ4n) is 3.10. The quantitative estimate of drug-likeness (QED) is 0.284. The van der Waals surface area contributed by atoms with Crippen molar-refractivity contribution >= 4 is 29.9 Å². The molecule has 7 heteroatoms. The Morgan fingerprint density at radius 3 is 2.73 bits per heavy atom. The summed E-state index contributed by atoms with van der Waals surface area (Å²) in [6.07, 6.45) is 6.99. The molecule has 1 unspecified atom stereocenters. The minimum Gasteiger partial charge on any atom is -0.443 e. The Morgan fingerprint density at radius 1 is 1.35 bits per heavy atom. The summed E-state index contributed by atoms with van der Waals surface area (Å²) >= 11 is 0. The molecule has 1 aromatic rings. The van der Waals surface area contributed by atoms with Gasteiger partial charge in [0.15, 0.2) is 5.96 Å². The summed E-state index contributed by atoms with van der Waals surface area (Å²) in [4.78, 5) is 11.2. The van der Waals surface area contributed by atoms with Gasteiger partial charge < -0.3 is 20.0 Å². The van der Waals surface area contributed by atoms with Crippen molar-refractivity contribution in [2.75, 3.05) is 26.7 Å². The van der Waals surface area contributed by atoms with E-state index in [1.54, 1.807) is 7.05 Å². The molecule has 26 heavy (non-hydrogen) atoms. The fraction of sp³-hybridized carbons (Fsp3) is 0.789. The predicted molar refractivity (Wildman–Crippen MR) is 118 cm³/mol. The summed E-state index contributed by atoms with van der Waals surface area (Å²) in [6, 6.07) is 0.730. The van der Waals surface area contributed by atoms with Crippen LogP contribution in [0.4, 0.5) is 0 Å². The van der Waals surface area contributed by atoms with Crippen molar-refractivity contribution in [3.05, 3.63) is 17.8 Å². The molecule has 2 rings (SSSR count). The van der Waals surface area contributed by atoms with E-state index in [-0.39, 0.29) is 29.4 Å². The third-order valence-electron chi connectivity index (χ3n) is 4.78. The molecule has 2 N–H and O–H groups in total. The number of nitrogens with zero attached hydrogens (tertiary/aromatic N) is 3. The monoisotopic (exact) mass is 477 g/mol. The van der Waals surface area contributed by atoms with Crippen LogP contribution in [0.1, 0.15) is 65.0 Å². The molecule has 1 aliphatic rings. The van der Waals surface area contributed by atoms with Gasteiger partial charge in [0.2, 0.25) is 5.89 Å². The number of piperidine rings is 1. The van der Waals surface area contributed by atoms with Crippen molar-refractivity contribution in [1.82, 2.24) is 20.5 Å². The Hall–Kier alpha value is -0.830. The van der Waals surface area contributed by atoms with Crippen LogP contribution in [0.25, 0.3) is 0 Å². The van der Waals surface area contributed by atoms with Crippen LogP contribution < -0.4 is 10.6 Å². The second-order valence-corrected chi connectivity index (χ2v) is 7.96. The van der Waals surface area contributed by atoms with Crippen LogP contribution in [0.15, 0.2) is 15.6 Å². The van der Waals surface area contributed by atoms with Gasteiger partial charge in [0.05, 0.1) is 12.7 Å². The molecular weight excluding hydrogens is 441 g/mol. The van der Waals surface area contributed by atoms with Crippen LogP contribution in [-0.2, 0) is 12.0 Å². The maximum Gasteiger partial charge on any atom is 0.213 e. The molecule has 0 bridgehead atoms. The summed E-state index contributed by atoms with van der Waals surface area (Å²) in [6.45, 7) is 12.6. The normalized spacial score (nSPS) is 19.1. The number of aliphatic imine (C=N–C) groups is 1. The molecule has 0 spiro atoms. The SMILES string of the molecule is CN=C(NCCCN1CCCCC1C)NCc1ncc(C(C)(C)C)o1.I. The van der Waals surface area contributed by atoms with Crippen molar-refractivity contribution in [2.24, 2.45) is 4.99 Å². The first kappa shape index (κ1) is 23.2. The fourth-order valence-corrected chi connectivity index (χ4v) is 3.10. The average molecular weight is 477 g/mol. The zero-order chi connectivity index (χ0) is 18.3. The molecule has 1 aliphatic heterocycles. The van der Waals surface area contributed by atoms with Gasteiger partial charge in [-0.2, -0.15) is 0 Å². The van der Waals surface area contributed by atoms with Crippen LogP contribution in [0.3, 0.4) is 0 Å². The van der Waals surface area contributed by atoms with Crippen LogP contribution in [-0.4, -0.2) is 48.6 Å². The Kier molecular flexibility index (Phi) is 9.92. The largest absolute Gasteiger partial charge is 0.443 e. The zero-order valence-corrected chi connectivity index (χ0v) is 19.3. The van der Waals surface area contributed by atoms with Gasteiger partial charge >= 0.3 is 0 Å². The van der Waals surface area contributed by atoms with E-state index in [9.17, 15) is 0 Å². The highest BCUT2D eigenvalue weighted by atomic mass is 127. The lowest BCUT2D eigenvalue weighted by Crippen LogP contribution is -2.41. The number of oxazole rings is 1. The van der Waals surface area contributed by atoms with E-state index in [0.29, 0.717) is 12.4 Å². The van der Waals surface area contributed by atoms with Gasteiger partial charge in [-0.3, -0.25) is 4.99 Å². The third-order valence-corrected chi connectivity index (χ3v) is 4.78. The van der Waals surface area contributed by atoms with Gasteiger partial charge in [-0.25, -0.2) is 4.98 Å². The molecule has 1 aromatic heterocycles. The Balaban J connectivity index is 0.00000338. The molecule has 1 fully saturated rings. The maximum atomic E-state index is 5.80. The summed E-state index contributed by atoms with van der Waals surface area (Å²) in [7, 11) is 1.79. The van der Waals surface area contributed by atoms with Crippen molar-refractivity contribution in [1.29, 1.82) is 0 Å². The number of guanidine groups is 1. The number of hydrogen-bond donors (Lipinski definition) is 2. The number of rotatable bonds is 6. The van der Waals surface area contributed by atoms with Crippen molar-refractivity contribution in [3.63, 3.8) is 0 Å². The summed E-state index contributed by atoms with van der Waals surface area (Å²) in [5.74, 6) is 2.39. The zero-order valence-electron chi connectivity index (χ0n) is 17.0. The molecule has 1 saturated heterocycles. The van der Waals surface area contributed by atoms with E-state index < -0.39 is 0 Å². The molecule has 0 amide bonds. The van der Waals surface area contributed by atoms with E-state index in [2.05, 4.69) is 53.2 Å². The van der Waals surface area contributed by atoms with Crippen LogP contribution in [0.5, 0.6) is 0 Å². The molecule has 0 aromatic carbocycles. The predicted octanol–water partition coefficient (Wildman–Crippen LogP) is 3.52. The van der Waals surface area contributed by atoms with Crippen molar-refractivity contribution in [3.8, 4) is 0 Å². The first-order valence-corrected chi connectivity index (χ1v) is 9.54. The van der Waals surface area contributed by atoms with E-state index in [0.717, 1.165) is 37.3 Å². The molecular formula is C19H36IN5O. The van der Waals surface area contributed by atoms with Gasteiger partial charge in [-0.05, 0) is 32.7 Å². The summed E-state index contributed by atoms with van der Waals surface area (Å²) in [5.41, 5.74) is -0.0171. The highest BCUT2D eigenvalue weighted by Gasteiger charge is 2.19. The topological polar surface area (TPSA) is 65.7 Å². The van der Waals surface area contributed by atoms with E-state index in [4.69, 9.17) is 4.42 Å². The van der Waals surface area contributed by atoms with Gasteiger partial charge in [-0.1, -0.05) is 27.2 Å². The van der Waals surface area contributed by atoms with E-state index >= 15 is 0 Å². The first-order valence-electron chi connectivity index (χ1n) is 9.54. The lowest BCUT2D eigenvalue weighted by atomic mass is 9.94. The Bertz CT molecular complexity index is 552. The lowest BCUT2D eigenvalue weighted by molar-refractivity contribution is 0.159. The van der Waals surface area contributed by atoms with E-state index in [1.165, 1.54) is 25.8 Å². The second-order valence-electron chi connectivity index (χ2n) is 7.96. The van der Waals surface area contributed by atoms with Crippen molar-refractivity contribution in [2.45, 2.75) is 71.4 Å². The minimum absolute atomic E-state index is 0. The summed E-state index contributed by atoms with van der Waals surface area (Å²) in [5, 5.41) is 6.64. The highest BCUT2D eigenvalue weighted by molar-refractivity contribution is 14.0. The molecule has 0 radical (unpaired) electrons. The number of halogens is 1. The van der Waals surface area contributed by atoms with Gasteiger partial charge in [0.1, 0.15) is 5.76 Å². The van der Waals surface area contributed by atoms with Crippen LogP contribution in [0.2, 0.25) is 0 Å². The van der Waals surface area contributed by atoms with Gasteiger partial charge in [-0.15, -0.1) is 24.0 Å². The number of likely N-dealkylation sites (tertiary alicyclic amines) is 1. The number of hydrogen-bond acceptors (Lipinski definition) is 4. The average Bonchev–Trinajstić information content (AvgIpc) is 3.05. The second kappa shape index (κ2) is 11.1. The number of nitrogens with one attached hydrogen (secondary N) is 2. The molecule has 0 aliphatic carbocycles. The van der Waals surface area contributed by atoms with Crippen LogP contribution in [0, 0.1) is 0 Å². The lowest BCUT2D eigenvalue weighted by Gasteiger charge is -2.33. The molecule has 6 nitrogen and oxygen atoms in total. The standard InChI is InChI=1S/C19H35N5O.HI/c1-15-9-6-7-11-24(15)12-8-10-21-18(20-5)23-14-17-22-13-16(25-17)19(2,3)4;/h13,15H,6-12,14H2,1-5H3,(H2,20,21,23);1H. The summed E-state index contributed by atoms with van der Waals surface area (Å²) < 4.78 is 5.80. The highest BCUT2D eigenvalue weighted by Crippen LogP contribution is 2.22. The Labute approximate surface area is 175 Å². The van der Waals surface area contributed by atoms with E-state index in [1.807, 2.05) is 6.20 Å². The third kappa shape index (κ3) is 7.42. The first-order chi connectivity index (χ1) is 11.9. The van der Waals surface area contributed by atoms with Crippen molar-refractivity contribution < 1.29 is 4.42 Å². The number of aromatic nitrogens is 1. The maximum absolute atomic E-state index is 5.80. The molecule has 2 heterocycles. The minimum atomic E-state index is -0.0171. The smallest absolute Gasteiger partial charge is 0.213 e. The Morgan fingerprint density at radius 2 is 2.12 bits per heavy atom. The molecule has 0 saturated carbocycles. The molecule has 150 valence electrons. The van der Waals surface area contributed by atoms with Gasteiger partial charge in [0, 0.05) is 31.6 Å².